The Morgan fingerprint density at radius 3 is 1.53 bits per heavy atom. The van der Waals surface area contributed by atoms with Crippen molar-refractivity contribution in [2.24, 2.45) is 0 Å². The number of hydrogen-bond acceptors (Lipinski definition) is 2. The topological polar surface area (TPSA) is 34.1 Å². The van der Waals surface area contributed by atoms with Crippen molar-refractivity contribution in [2.45, 2.75) is 44.4 Å². The molecule has 0 aromatic heterocycles. The number of rotatable bonds is 5. The molecule has 0 amide bonds. The second-order valence-corrected chi connectivity index (χ2v) is 11.7. The summed E-state index contributed by atoms with van der Waals surface area (Å²) in [6, 6.07) is 1.74. The van der Waals surface area contributed by atoms with Crippen molar-refractivity contribution in [3.05, 3.63) is 0 Å². The van der Waals surface area contributed by atoms with Gasteiger partial charge in [-0.05, 0) is 0 Å². The Kier molecular flexibility index (Phi) is 4.85. The predicted molar refractivity (Wildman–Crippen MR) is 57.0 cm³/mol. The molecule has 92 valence electrons. The van der Waals surface area contributed by atoms with Crippen molar-refractivity contribution in [3.63, 3.8) is 0 Å². The van der Waals surface area contributed by atoms with Gasteiger partial charge in [-0.15, -0.1) is 0 Å². The average Bonchev–Trinajstić information content (AvgIpc) is 2.12. The highest BCUT2D eigenvalue weighted by molar-refractivity contribution is 7.94. The summed E-state index contributed by atoms with van der Waals surface area (Å²) in [5.74, 6) is 0. The van der Waals surface area contributed by atoms with Crippen LogP contribution >= 0.6 is 0 Å². The molecule has 0 aliphatic heterocycles. The van der Waals surface area contributed by atoms with Gasteiger partial charge in [0.25, 0.3) is 0 Å². The molecule has 0 atom stereocenters. The van der Waals surface area contributed by atoms with E-state index in [1.54, 1.807) is 20.8 Å². The Morgan fingerprint density at radius 2 is 1.33 bits per heavy atom. The van der Waals surface area contributed by atoms with E-state index in [1.165, 1.54) is 0 Å². The predicted octanol–water partition coefficient (Wildman–Crippen LogP) is 2.97. The fourth-order valence-corrected chi connectivity index (χ4v) is 9.37. The van der Waals surface area contributed by atoms with E-state index >= 15 is 0 Å². The van der Waals surface area contributed by atoms with E-state index in [0.717, 1.165) is 0 Å². The molecule has 15 heavy (non-hydrogen) atoms. The molecule has 0 aromatic rings. The third kappa shape index (κ3) is 3.48. The summed E-state index contributed by atoms with van der Waals surface area (Å²) in [7, 11) is -7.20. The molecule has 0 N–H and O–H groups in total. The third-order valence-electron chi connectivity index (χ3n) is 3.10. The van der Waals surface area contributed by atoms with Gasteiger partial charge < -0.3 is 0 Å². The molecule has 0 unspecified atom stereocenters. The van der Waals surface area contributed by atoms with Gasteiger partial charge in [-0.1, -0.05) is 38.9 Å². The summed E-state index contributed by atoms with van der Waals surface area (Å²) in [4.78, 5) is 0. The van der Waals surface area contributed by atoms with E-state index in [9.17, 15) is 21.6 Å². The lowest BCUT2D eigenvalue weighted by Gasteiger charge is -2.27. The second-order valence-electron chi connectivity index (χ2n) is 3.77. The number of sulfone groups is 1. The Bertz CT molecular complexity index is 285. The van der Waals surface area contributed by atoms with Crippen molar-refractivity contribution in [1.82, 2.24) is 0 Å². The van der Waals surface area contributed by atoms with E-state index < -0.39 is 28.8 Å². The van der Waals surface area contributed by atoms with Crippen LogP contribution in [0.5, 0.6) is 0 Å². The summed E-state index contributed by atoms with van der Waals surface area (Å²) in [5, 5.41) is -0.660. The largest absolute Gasteiger partial charge is 0.497 e. The lowest BCUT2D eigenvalue weighted by molar-refractivity contribution is -0.0431. The zero-order chi connectivity index (χ0) is 12.3. The molecule has 0 spiro atoms. The van der Waals surface area contributed by atoms with Crippen molar-refractivity contribution in [2.75, 3.05) is 5.38 Å². The van der Waals surface area contributed by atoms with Crippen LogP contribution in [0.1, 0.15) is 20.8 Å². The highest BCUT2D eigenvalue weighted by Gasteiger charge is 2.49. The maximum atomic E-state index is 12.2. The van der Waals surface area contributed by atoms with Crippen LogP contribution in [0.2, 0.25) is 18.1 Å². The summed E-state index contributed by atoms with van der Waals surface area (Å²) in [6.07, 6.45) is 0. The van der Waals surface area contributed by atoms with Gasteiger partial charge in [-0.2, -0.15) is 13.2 Å². The molecular weight excluding hydrogens is 245 g/mol. The Balaban J connectivity index is 5.00. The van der Waals surface area contributed by atoms with E-state index in [2.05, 4.69) is 0 Å². The molecule has 0 fully saturated rings. The van der Waals surface area contributed by atoms with Crippen molar-refractivity contribution in [1.29, 1.82) is 0 Å². The zero-order valence-electron chi connectivity index (χ0n) is 9.19. The normalized spacial score (nSPS) is 14.3. The van der Waals surface area contributed by atoms with Gasteiger partial charge in [-0.25, -0.2) is 8.42 Å². The number of alkyl halides is 3. The van der Waals surface area contributed by atoms with Crippen LogP contribution in [0.25, 0.3) is 0 Å². The molecular formula is C8H17F3O2SSi. The van der Waals surface area contributed by atoms with Crippen LogP contribution in [-0.2, 0) is 9.84 Å². The monoisotopic (exact) mass is 262 g/mol. The Hall–Kier alpha value is -0.0431. The minimum Gasteiger partial charge on any atom is -0.220 e. The van der Waals surface area contributed by atoms with Crippen LogP contribution in [0.15, 0.2) is 0 Å². The Labute approximate surface area is 89.8 Å². The highest BCUT2D eigenvalue weighted by atomic mass is 32.2. The summed E-state index contributed by atoms with van der Waals surface area (Å²) in [6.45, 7) is 5.35. The van der Waals surface area contributed by atoms with Gasteiger partial charge in [-0.3, -0.25) is 0 Å². The standard InChI is InChI=1S/C8H17F3O2SSi/c1-4-15(5-2,6-3)7-14(12,13)8(9,10)11/h4-7H2,1-3H3. The van der Waals surface area contributed by atoms with Crippen molar-refractivity contribution < 1.29 is 21.6 Å². The fraction of sp³-hybridized carbons (Fsp3) is 1.00. The summed E-state index contributed by atoms with van der Waals surface area (Å²) in [5.41, 5.74) is -5.09. The first-order valence-corrected chi connectivity index (χ1v) is 9.41. The van der Waals surface area contributed by atoms with Gasteiger partial charge in [0.05, 0.1) is 13.5 Å². The molecule has 0 aliphatic rings. The van der Waals surface area contributed by atoms with Crippen LogP contribution in [0.3, 0.4) is 0 Å². The lowest BCUT2D eigenvalue weighted by atomic mass is 10.9. The fourth-order valence-electron chi connectivity index (χ4n) is 1.54. The zero-order valence-corrected chi connectivity index (χ0v) is 11.0. The van der Waals surface area contributed by atoms with Gasteiger partial charge in [0.2, 0.25) is 9.84 Å². The van der Waals surface area contributed by atoms with E-state index in [1.807, 2.05) is 0 Å². The SMILES string of the molecule is CC[Si](CC)(CC)CS(=O)(=O)C(F)(F)F. The van der Waals surface area contributed by atoms with Crippen LogP contribution in [0, 0.1) is 0 Å². The first kappa shape index (κ1) is 15.0. The first-order valence-electron chi connectivity index (χ1n) is 4.93. The van der Waals surface area contributed by atoms with E-state index in [0.29, 0.717) is 18.1 Å². The van der Waals surface area contributed by atoms with E-state index in [-0.39, 0.29) is 0 Å². The molecule has 0 bridgehead atoms. The summed E-state index contributed by atoms with van der Waals surface area (Å²) < 4.78 is 58.7. The quantitative estimate of drug-likeness (QED) is 0.714. The molecule has 0 radical (unpaired) electrons. The number of hydrogen-bond donors (Lipinski definition) is 0. The molecule has 0 saturated carbocycles. The third-order valence-corrected chi connectivity index (χ3v) is 12.3. The molecule has 0 aromatic carbocycles. The van der Waals surface area contributed by atoms with E-state index in [4.69, 9.17) is 0 Å². The minimum atomic E-state index is -5.09. The Morgan fingerprint density at radius 1 is 1.00 bits per heavy atom. The molecule has 0 rings (SSSR count). The van der Waals surface area contributed by atoms with Gasteiger partial charge in [0.1, 0.15) is 0 Å². The maximum Gasteiger partial charge on any atom is 0.497 e. The van der Waals surface area contributed by atoms with Crippen LogP contribution in [0.4, 0.5) is 13.2 Å². The van der Waals surface area contributed by atoms with Crippen LogP contribution < -0.4 is 0 Å². The van der Waals surface area contributed by atoms with Crippen molar-refractivity contribution in [3.8, 4) is 0 Å². The molecule has 7 heteroatoms. The molecule has 2 nitrogen and oxygen atoms in total. The van der Waals surface area contributed by atoms with Crippen LogP contribution in [-0.4, -0.2) is 27.4 Å². The second kappa shape index (κ2) is 4.86. The molecule has 0 aliphatic carbocycles. The highest BCUT2D eigenvalue weighted by Crippen LogP contribution is 2.30. The van der Waals surface area contributed by atoms with Gasteiger partial charge in [0.15, 0.2) is 0 Å². The summed E-state index contributed by atoms with van der Waals surface area (Å²) >= 11 is 0. The smallest absolute Gasteiger partial charge is 0.220 e. The van der Waals surface area contributed by atoms with Gasteiger partial charge >= 0.3 is 5.51 Å². The lowest BCUT2D eigenvalue weighted by Crippen LogP contribution is -2.44. The first-order chi connectivity index (χ1) is 6.64. The maximum absolute atomic E-state index is 12.2. The minimum absolute atomic E-state index is 0.579. The average molecular weight is 262 g/mol. The van der Waals surface area contributed by atoms with Crippen molar-refractivity contribution >= 4 is 17.9 Å². The molecule has 0 heterocycles. The number of halogens is 3. The molecule has 0 saturated heterocycles. The van der Waals surface area contributed by atoms with Gasteiger partial charge in [0, 0.05) is 0 Å².